The molecule has 2 aromatic rings. The number of benzene rings is 2. The summed E-state index contributed by atoms with van der Waals surface area (Å²) in [5, 5.41) is 10.9. The van der Waals surface area contributed by atoms with Gasteiger partial charge in [-0.2, -0.15) is 0 Å². The summed E-state index contributed by atoms with van der Waals surface area (Å²) in [4.78, 5) is 22.7. The normalized spacial score (nSPS) is 9.26. The molecular weight excluding hydrogens is 255 g/mol. The fourth-order valence-corrected chi connectivity index (χ4v) is 1.49. The second kappa shape index (κ2) is 7.09. The van der Waals surface area contributed by atoms with Crippen LogP contribution in [0.25, 0.3) is 0 Å². The quantitative estimate of drug-likeness (QED) is 0.375. The average Bonchev–Trinajstić information content (AvgIpc) is 2.40. The summed E-state index contributed by atoms with van der Waals surface area (Å²) in [6, 6.07) is 14.2. The Balaban J connectivity index is 0.00000180. The van der Waals surface area contributed by atoms with Gasteiger partial charge in [0.2, 0.25) is 0 Å². The second-order valence-corrected chi connectivity index (χ2v) is 3.54. The van der Waals surface area contributed by atoms with Crippen LogP contribution in [-0.4, -0.2) is 11.9 Å². The van der Waals surface area contributed by atoms with Crippen molar-refractivity contribution >= 4 is 11.9 Å². The minimum absolute atomic E-state index is 0. The van der Waals surface area contributed by atoms with Gasteiger partial charge in [-0.25, -0.2) is 4.79 Å². The van der Waals surface area contributed by atoms with Crippen LogP contribution in [-0.2, 0) is 0 Å². The molecule has 0 bridgehead atoms. The monoisotopic (exact) mass is 264 g/mol. The van der Waals surface area contributed by atoms with Crippen molar-refractivity contribution in [3.8, 4) is 5.75 Å². The van der Waals surface area contributed by atoms with Crippen LogP contribution in [0.5, 0.6) is 5.75 Å². The Morgan fingerprint density at radius 2 is 1.37 bits per heavy atom. The molecule has 19 heavy (non-hydrogen) atoms. The van der Waals surface area contributed by atoms with E-state index in [1.807, 2.05) is 0 Å². The zero-order valence-corrected chi connectivity index (χ0v) is 12.3. The molecule has 0 N–H and O–H groups in total. The minimum Gasteiger partial charge on any atom is -0.545 e. The molecule has 0 amide bonds. The Kier molecular flexibility index (Phi) is 5.76. The van der Waals surface area contributed by atoms with Gasteiger partial charge in [0.15, 0.2) is 0 Å². The molecular formula is C14H9NaO4. The molecule has 0 spiro atoms. The first-order valence-electron chi connectivity index (χ1n) is 5.26. The molecule has 4 nitrogen and oxygen atoms in total. The third-order valence-electron chi connectivity index (χ3n) is 2.32. The fourth-order valence-electron chi connectivity index (χ4n) is 1.49. The number of hydrogen-bond acceptors (Lipinski definition) is 4. The topological polar surface area (TPSA) is 66.4 Å². The summed E-state index contributed by atoms with van der Waals surface area (Å²) in [5.41, 5.74) is -0.209. The summed E-state index contributed by atoms with van der Waals surface area (Å²) < 4.78 is 5.06. The third kappa shape index (κ3) is 3.92. The van der Waals surface area contributed by atoms with Gasteiger partial charge in [0.25, 0.3) is 0 Å². The number of para-hydroxylation sites is 1. The molecule has 0 saturated heterocycles. The van der Waals surface area contributed by atoms with E-state index >= 15 is 0 Å². The van der Waals surface area contributed by atoms with Gasteiger partial charge in [0, 0.05) is 5.56 Å². The molecule has 0 saturated carbocycles. The predicted octanol–water partition coefficient (Wildman–Crippen LogP) is -1.73. The molecule has 90 valence electrons. The van der Waals surface area contributed by atoms with Crippen molar-refractivity contribution < 1.29 is 49.0 Å². The zero-order chi connectivity index (χ0) is 13.0. The number of esters is 1. The molecule has 0 atom stereocenters. The van der Waals surface area contributed by atoms with E-state index in [2.05, 4.69) is 0 Å². The van der Waals surface area contributed by atoms with Crippen molar-refractivity contribution in [2.24, 2.45) is 0 Å². The van der Waals surface area contributed by atoms with E-state index in [1.54, 1.807) is 36.4 Å². The van der Waals surface area contributed by atoms with Gasteiger partial charge in [-0.15, -0.1) is 0 Å². The Bertz CT molecular complexity index is 581. The van der Waals surface area contributed by atoms with Gasteiger partial charge in [-0.1, -0.05) is 36.4 Å². The first-order chi connectivity index (χ1) is 8.68. The summed E-state index contributed by atoms with van der Waals surface area (Å²) in [6.07, 6.45) is 0. The van der Waals surface area contributed by atoms with Crippen molar-refractivity contribution in [3.05, 3.63) is 65.7 Å². The van der Waals surface area contributed by atoms with Crippen LogP contribution < -0.4 is 39.4 Å². The number of carbonyl (C=O) groups is 2. The Hall–Kier alpha value is -1.62. The van der Waals surface area contributed by atoms with E-state index in [4.69, 9.17) is 4.74 Å². The molecule has 5 heteroatoms. The molecule has 2 rings (SSSR count). The second-order valence-electron chi connectivity index (χ2n) is 3.54. The van der Waals surface area contributed by atoms with E-state index < -0.39 is 11.9 Å². The van der Waals surface area contributed by atoms with Gasteiger partial charge >= 0.3 is 35.5 Å². The predicted molar refractivity (Wildman–Crippen MR) is 62.2 cm³/mol. The average molecular weight is 264 g/mol. The number of carboxylic acid groups (broad SMARTS) is 1. The van der Waals surface area contributed by atoms with E-state index in [0.717, 1.165) is 0 Å². The summed E-state index contributed by atoms with van der Waals surface area (Å²) >= 11 is 0. The molecule has 0 aromatic heterocycles. The molecule has 0 radical (unpaired) electrons. The summed E-state index contributed by atoms with van der Waals surface area (Å²) in [6.45, 7) is 0. The van der Waals surface area contributed by atoms with Crippen LogP contribution in [0.1, 0.15) is 20.7 Å². The number of hydrogen-bond donors (Lipinski definition) is 0. The number of carbonyl (C=O) groups excluding carboxylic acids is 2. The molecule has 0 fully saturated rings. The first-order valence-corrected chi connectivity index (χ1v) is 5.26. The summed E-state index contributed by atoms with van der Waals surface area (Å²) in [5.74, 6) is -1.77. The smallest absolute Gasteiger partial charge is 0.545 e. The fraction of sp³-hybridized carbons (Fsp3) is 0. The maximum Gasteiger partial charge on any atom is 1.00 e. The number of carboxylic acids is 1. The largest absolute Gasteiger partial charge is 1.00 e. The SMILES string of the molecule is O=C([O-])c1ccccc1C(=O)Oc1ccccc1.[Na+]. The molecule has 2 aromatic carbocycles. The van der Waals surface area contributed by atoms with Crippen LogP contribution in [0.2, 0.25) is 0 Å². The van der Waals surface area contributed by atoms with Crippen LogP contribution >= 0.6 is 0 Å². The molecule has 0 heterocycles. The van der Waals surface area contributed by atoms with Crippen molar-refractivity contribution in [2.75, 3.05) is 0 Å². The first kappa shape index (κ1) is 15.4. The van der Waals surface area contributed by atoms with E-state index in [-0.39, 0.29) is 40.7 Å². The number of aromatic carboxylic acids is 1. The van der Waals surface area contributed by atoms with E-state index in [0.29, 0.717) is 5.75 Å². The summed E-state index contributed by atoms with van der Waals surface area (Å²) in [7, 11) is 0. The maximum atomic E-state index is 11.8. The zero-order valence-electron chi connectivity index (χ0n) is 10.3. The third-order valence-corrected chi connectivity index (χ3v) is 2.32. The Morgan fingerprint density at radius 3 is 1.95 bits per heavy atom. The van der Waals surface area contributed by atoms with Gasteiger partial charge in [-0.05, 0) is 18.2 Å². The van der Waals surface area contributed by atoms with Gasteiger partial charge in [0.05, 0.1) is 11.5 Å². The number of ether oxygens (including phenoxy) is 1. The van der Waals surface area contributed by atoms with E-state index in [1.165, 1.54) is 18.2 Å². The minimum atomic E-state index is -1.41. The molecule has 0 aliphatic carbocycles. The molecule has 0 unspecified atom stereocenters. The Labute approximate surface area is 132 Å². The van der Waals surface area contributed by atoms with Gasteiger partial charge in [0.1, 0.15) is 5.75 Å². The van der Waals surface area contributed by atoms with E-state index in [9.17, 15) is 14.7 Å². The number of rotatable bonds is 3. The Morgan fingerprint density at radius 1 is 0.842 bits per heavy atom. The van der Waals surface area contributed by atoms with Gasteiger partial charge < -0.3 is 14.6 Å². The van der Waals surface area contributed by atoms with Crippen molar-refractivity contribution in [1.82, 2.24) is 0 Å². The van der Waals surface area contributed by atoms with Gasteiger partial charge in [-0.3, -0.25) is 0 Å². The molecule has 0 aliphatic rings. The van der Waals surface area contributed by atoms with Crippen molar-refractivity contribution in [3.63, 3.8) is 0 Å². The van der Waals surface area contributed by atoms with Crippen molar-refractivity contribution in [2.45, 2.75) is 0 Å². The van der Waals surface area contributed by atoms with Crippen LogP contribution in [0.4, 0.5) is 0 Å². The molecule has 0 aliphatic heterocycles. The standard InChI is InChI=1S/C14H10O4.Na/c15-13(16)11-8-4-5-9-12(11)14(17)18-10-6-2-1-3-7-10;/h1-9H,(H,15,16);/q;+1/p-1. The van der Waals surface area contributed by atoms with Crippen molar-refractivity contribution in [1.29, 1.82) is 0 Å². The maximum absolute atomic E-state index is 11.8. The van der Waals surface area contributed by atoms with Crippen LogP contribution in [0.3, 0.4) is 0 Å². The van der Waals surface area contributed by atoms with Crippen LogP contribution in [0.15, 0.2) is 54.6 Å². The van der Waals surface area contributed by atoms with Crippen LogP contribution in [0, 0.1) is 0 Å².